The first-order valence-corrected chi connectivity index (χ1v) is 4.47. The van der Waals surface area contributed by atoms with Crippen LogP contribution in [0.4, 0.5) is 5.82 Å². The number of ether oxygens (including phenoxy) is 1. The van der Waals surface area contributed by atoms with Crippen LogP contribution < -0.4 is 4.90 Å². The van der Waals surface area contributed by atoms with Crippen molar-refractivity contribution >= 4 is 17.4 Å². The van der Waals surface area contributed by atoms with Gasteiger partial charge in [0.2, 0.25) is 5.28 Å². The van der Waals surface area contributed by atoms with Gasteiger partial charge in [-0.15, -0.1) is 0 Å². The van der Waals surface area contributed by atoms with Crippen molar-refractivity contribution in [2.24, 2.45) is 0 Å². The molecule has 5 heteroatoms. The van der Waals surface area contributed by atoms with Crippen LogP contribution in [0.15, 0.2) is 6.07 Å². The maximum Gasteiger partial charge on any atom is 0.224 e. The van der Waals surface area contributed by atoms with Crippen LogP contribution >= 0.6 is 11.6 Å². The SMILES string of the molecule is Clc1n[c]cc(N2CCOCC2)n1. The van der Waals surface area contributed by atoms with Gasteiger partial charge < -0.3 is 9.64 Å². The second-order valence-electron chi connectivity index (χ2n) is 2.72. The number of halogens is 1. The van der Waals surface area contributed by atoms with E-state index in [9.17, 15) is 0 Å². The zero-order valence-electron chi connectivity index (χ0n) is 7.03. The zero-order chi connectivity index (χ0) is 9.10. The molecule has 0 atom stereocenters. The Balaban J connectivity index is 2.14. The molecule has 0 spiro atoms. The van der Waals surface area contributed by atoms with Gasteiger partial charge in [0.05, 0.1) is 19.4 Å². The maximum absolute atomic E-state index is 5.65. The van der Waals surface area contributed by atoms with Crippen LogP contribution in [0.25, 0.3) is 0 Å². The monoisotopic (exact) mass is 198 g/mol. The number of aromatic nitrogens is 2. The molecule has 69 valence electrons. The van der Waals surface area contributed by atoms with Gasteiger partial charge >= 0.3 is 0 Å². The van der Waals surface area contributed by atoms with E-state index in [2.05, 4.69) is 21.1 Å². The topological polar surface area (TPSA) is 38.2 Å². The van der Waals surface area contributed by atoms with Crippen molar-refractivity contribution in [3.05, 3.63) is 17.5 Å². The highest BCUT2D eigenvalue weighted by molar-refractivity contribution is 6.28. The van der Waals surface area contributed by atoms with Crippen molar-refractivity contribution in [1.82, 2.24) is 9.97 Å². The molecule has 0 aromatic carbocycles. The van der Waals surface area contributed by atoms with Crippen LogP contribution in [-0.4, -0.2) is 36.3 Å². The Labute approximate surface area is 81.5 Å². The van der Waals surface area contributed by atoms with Crippen molar-refractivity contribution in [2.75, 3.05) is 31.2 Å². The average Bonchev–Trinajstić information content (AvgIpc) is 2.19. The third-order valence-corrected chi connectivity index (χ3v) is 2.06. The van der Waals surface area contributed by atoms with Crippen molar-refractivity contribution in [3.63, 3.8) is 0 Å². The molecule has 0 aliphatic carbocycles. The molecule has 1 aliphatic heterocycles. The Morgan fingerprint density at radius 2 is 2.23 bits per heavy atom. The highest BCUT2D eigenvalue weighted by atomic mass is 35.5. The molecule has 1 aliphatic rings. The third-order valence-electron chi connectivity index (χ3n) is 1.89. The summed E-state index contributed by atoms with van der Waals surface area (Å²) in [4.78, 5) is 9.90. The smallest absolute Gasteiger partial charge is 0.224 e. The fraction of sp³-hybridized carbons (Fsp3) is 0.500. The normalized spacial score (nSPS) is 17.5. The fourth-order valence-electron chi connectivity index (χ4n) is 1.25. The van der Waals surface area contributed by atoms with Crippen molar-refractivity contribution in [3.8, 4) is 0 Å². The number of hydrogen-bond donors (Lipinski definition) is 0. The minimum Gasteiger partial charge on any atom is -0.378 e. The van der Waals surface area contributed by atoms with Crippen molar-refractivity contribution in [2.45, 2.75) is 0 Å². The molecule has 1 aromatic heterocycles. The van der Waals surface area contributed by atoms with E-state index < -0.39 is 0 Å². The summed E-state index contributed by atoms with van der Waals surface area (Å²) < 4.78 is 5.22. The Bertz CT molecular complexity index is 288. The molecular weight excluding hydrogens is 190 g/mol. The molecule has 4 nitrogen and oxygen atoms in total. The molecule has 1 fully saturated rings. The number of hydrogen-bond acceptors (Lipinski definition) is 4. The first kappa shape index (κ1) is 8.72. The lowest BCUT2D eigenvalue weighted by molar-refractivity contribution is 0.122. The van der Waals surface area contributed by atoms with Crippen LogP contribution in [0.1, 0.15) is 0 Å². The van der Waals surface area contributed by atoms with Gasteiger partial charge in [0.15, 0.2) is 0 Å². The molecular formula is C8H9ClN3O. The van der Waals surface area contributed by atoms with E-state index in [4.69, 9.17) is 16.3 Å². The van der Waals surface area contributed by atoms with E-state index in [-0.39, 0.29) is 5.28 Å². The van der Waals surface area contributed by atoms with Gasteiger partial charge in [-0.05, 0) is 11.6 Å². The largest absolute Gasteiger partial charge is 0.378 e. The highest BCUT2D eigenvalue weighted by Gasteiger charge is 2.12. The van der Waals surface area contributed by atoms with E-state index >= 15 is 0 Å². The summed E-state index contributed by atoms with van der Waals surface area (Å²) in [6.45, 7) is 3.17. The van der Waals surface area contributed by atoms with Crippen LogP contribution in [0.5, 0.6) is 0 Å². The summed E-state index contributed by atoms with van der Waals surface area (Å²) in [7, 11) is 0. The summed E-state index contributed by atoms with van der Waals surface area (Å²) in [5.74, 6) is 0.823. The number of nitrogens with zero attached hydrogens (tertiary/aromatic N) is 3. The molecule has 0 saturated carbocycles. The van der Waals surface area contributed by atoms with E-state index in [1.807, 2.05) is 0 Å². The third kappa shape index (κ3) is 2.08. The summed E-state index contributed by atoms with van der Waals surface area (Å²) in [6, 6.07) is 1.73. The number of anilines is 1. The second kappa shape index (κ2) is 3.89. The van der Waals surface area contributed by atoms with Gasteiger partial charge in [0, 0.05) is 19.2 Å². The molecule has 0 bridgehead atoms. The summed E-state index contributed by atoms with van der Waals surface area (Å²) in [5, 5.41) is 0.240. The van der Waals surface area contributed by atoms with E-state index in [0.717, 1.165) is 32.1 Å². The van der Waals surface area contributed by atoms with Gasteiger partial charge in [-0.3, -0.25) is 0 Å². The van der Waals surface area contributed by atoms with Crippen LogP contribution in [-0.2, 0) is 4.74 Å². The van der Waals surface area contributed by atoms with Gasteiger partial charge in [0.1, 0.15) is 5.82 Å². The predicted octanol–water partition coefficient (Wildman–Crippen LogP) is 0.767. The molecule has 13 heavy (non-hydrogen) atoms. The fourth-order valence-corrected chi connectivity index (χ4v) is 1.38. The van der Waals surface area contributed by atoms with E-state index in [1.165, 1.54) is 0 Å². The van der Waals surface area contributed by atoms with Crippen LogP contribution in [0.2, 0.25) is 5.28 Å². The molecule has 2 heterocycles. The quantitative estimate of drug-likeness (QED) is 0.625. The van der Waals surface area contributed by atoms with Crippen molar-refractivity contribution < 1.29 is 4.74 Å². The molecule has 1 saturated heterocycles. The lowest BCUT2D eigenvalue weighted by Crippen LogP contribution is -2.36. The first-order chi connectivity index (χ1) is 6.36. The Morgan fingerprint density at radius 1 is 1.46 bits per heavy atom. The summed E-state index contributed by atoms with van der Waals surface area (Å²) in [6.07, 6.45) is 2.70. The summed E-state index contributed by atoms with van der Waals surface area (Å²) in [5.41, 5.74) is 0. The van der Waals surface area contributed by atoms with Crippen LogP contribution in [0, 0.1) is 6.20 Å². The predicted molar refractivity (Wildman–Crippen MR) is 48.9 cm³/mol. The molecule has 0 unspecified atom stereocenters. The minimum absolute atomic E-state index is 0.240. The van der Waals surface area contributed by atoms with Gasteiger partial charge in [-0.2, -0.15) is 0 Å². The van der Waals surface area contributed by atoms with Gasteiger partial charge in [-0.25, -0.2) is 9.97 Å². The Hall–Kier alpha value is -0.870. The van der Waals surface area contributed by atoms with Gasteiger partial charge in [-0.1, -0.05) is 0 Å². The highest BCUT2D eigenvalue weighted by Crippen LogP contribution is 2.12. The minimum atomic E-state index is 0.240. The molecule has 2 rings (SSSR count). The molecule has 0 amide bonds. The van der Waals surface area contributed by atoms with E-state index in [1.54, 1.807) is 6.07 Å². The van der Waals surface area contributed by atoms with Crippen molar-refractivity contribution in [1.29, 1.82) is 0 Å². The van der Waals surface area contributed by atoms with E-state index in [0.29, 0.717) is 0 Å². The Kier molecular flexibility index (Phi) is 2.61. The number of morpholine rings is 1. The van der Waals surface area contributed by atoms with Gasteiger partial charge in [0.25, 0.3) is 0 Å². The van der Waals surface area contributed by atoms with Crippen LogP contribution in [0.3, 0.4) is 0 Å². The maximum atomic E-state index is 5.65. The second-order valence-corrected chi connectivity index (χ2v) is 3.06. The molecule has 0 N–H and O–H groups in total. The lowest BCUT2D eigenvalue weighted by atomic mass is 10.4. The lowest BCUT2D eigenvalue weighted by Gasteiger charge is -2.27. The standard InChI is InChI=1S/C8H9ClN3O/c9-8-10-2-1-7(11-8)12-3-5-13-6-4-12/h1H,3-6H2. The average molecular weight is 199 g/mol. The Morgan fingerprint density at radius 3 is 2.92 bits per heavy atom. The number of rotatable bonds is 1. The first-order valence-electron chi connectivity index (χ1n) is 4.09. The molecule has 1 aromatic rings. The molecule has 1 radical (unpaired) electrons. The zero-order valence-corrected chi connectivity index (χ0v) is 7.79. The summed E-state index contributed by atoms with van der Waals surface area (Å²) >= 11 is 5.65.